The summed E-state index contributed by atoms with van der Waals surface area (Å²) in [5.74, 6) is -5.53. The second-order valence-corrected chi connectivity index (χ2v) is 12.4. The first kappa shape index (κ1) is 34.6. The third-order valence-corrected chi connectivity index (χ3v) is 9.04. The molecule has 13 nitrogen and oxygen atoms in total. The van der Waals surface area contributed by atoms with Crippen LogP contribution in [0.2, 0.25) is 0 Å². The third kappa shape index (κ3) is 5.97. The predicted molar refractivity (Wildman–Crippen MR) is 148 cm³/mol. The molecule has 13 heteroatoms. The number of ether oxygens (including phenoxy) is 4. The zero-order valence-corrected chi connectivity index (χ0v) is 25.6. The number of hydrogen-bond donors (Lipinski definition) is 5. The van der Waals surface area contributed by atoms with Crippen LogP contribution in [0, 0.1) is 11.3 Å². The van der Waals surface area contributed by atoms with E-state index in [2.05, 4.69) is 0 Å². The van der Waals surface area contributed by atoms with Crippen molar-refractivity contribution < 1.29 is 63.7 Å². The maximum Gasteiger partial charge on any atom is 0.341 e. The summed E-state index contributed by atoms with van der Waals surface area (Å²) < 4.78 is 22.3. The Labute approximate surface area is 250 Å². The first-order valence-corrected chi connectivity index (χ1v) is 14.4. The molecule has 242 valence electrons. The molecule has 0 unspecified atom stereocenters. The van der Waals surface area contributed by atoms with E-state index in [1.807, 2.05) is 6.92 Å². The molecular weight excluding hydrogens is 568 g/mol. The first-order valence-electron chi connectivity index (χ1n) is 14.4. The zero-order valence-electron chi connectivity index (χ0n) is 25.6. The molecule has 43 heavy (non-hydrogen) atoms. The Kier molecular flexibility index (Phi) is 9.89. The van der Waals surface area contributed by atoms with Crippen molar-refractivity contribution in [1.29, 1.82) is 0 Å². The number of carbonyl (C=O) groups is 4. The van der Waals surface area contributed by atoms with E-state index in [0.717, 1.165) is 39.7 Å². The molecule has 0 saturated carbocycles. The number of hydrogen-bond acceptors (Lipinski definition) is 13. The predicted octanol–water partition coefficient (Wildman–Crippen LogP) is 0.374. The minimum atomic E-state index is -2.82. The van der Waals surface area contributed by atoms with Crippen LogP contribution in [-0.2, 0) is 38.1 Å². The Bertz CT molecular complexity index is 1170. The van der Waals surface area contributed by atoms with Gasteiger partial charge in [0.25, 0.3) is 0 Å². The van der Waals surface area contributed by atoms with Crippen molar-refractivity contribution in [2.75, 3.05) is 0 Å². The molecule has 2 aliphatic carbocycles. The van der Waals surface area contributed by atoms with E-state index < -0.39 is 88.6 Å². The van der Waals surface area contributed by atoms with E-state index in [-0.39, 0.29) is 12.0 Å². The maximum absolute atomic E-state index is 13.0. The number of esters is 4. The molecule has 3 aliphatic rings. The molecule has 0 radical (unpaired) electrons. The highest BCUT2D eigenvalue weighted by Gasteiger charge is 2.74. The Balaban J connectivity index is 2.41. The second-order valence-electron chi connectivity index (χ2n) is 12.4. The molecular formula is C30H44O13. The number of carbonyl (C=O) groups excluding carboxylic acids is 4. The second kappa shape index (κ2) is 12.3. The largest absolute Gasteiger partial charge is 0.459 e. The highest BCUT2D eigenvalue weighted by Crippen LogP contribution is 2.55. The Morgan fingerprint density at radius 3 is 2.09 bits per heavy atom. The molecule has 0 aromatic heterocycles. The van der Waals surface area contributed by atoms with Gasteiger partial charge in [0, 0.05) is 31.6 Å². The van der Waals surface area contributed by atoms with Gasteiger partial charge in [-0.05, 0) is 38.8 Å². The fraction of sp³-hybridized carbons (Fsp3) is 0.733. The molecule has 0 aromatic rings. The maximum atomic E-state index is 13.0. The molecule has 1 heterocycles. The lowest BCUT2D eigenvalue weighted by Gasteiger charge is -2.57. The number of rotatable bonds is 7. The summed E-state index contributed by atoms with van der Waals surface area (Å²) in [6.45, 7) is 8.96. The smallest absolute Gasteiger partial charge is 0.341 e. The molecule has 3 rings (SSSR count). The summed E-state index contributed by atoms with van der Waals surface area (Å²) >= 11 is 0. The summed E-state index contributed by atoms with van der Waals surface area (Å²) in [6.07, 6.45) is -4.72. The van der Waals surface area contributed by atoms with Crippen LogP contribution in [-0.4, -0.2) is 103 Å². The lowest BCUT2D eigenvalue weighted by molar-refractivity contribution is -0.263. The Hall–Kier alpha value is -2.84. The van der Waals surface area contributed by atoms with Crippen molar-refractivity contribution in [3.63, 3.8) is 0 Å². The minimum Gasteiger partial charge on any atom is -0.459 e. The van der Waals surface area contributed by atoms with Crippen LogP contribution in [0.15, 0.2) is 23.8 Å². The van der Waals surface area contributed by atoms with Gasteiger partial charge in [-0.2, -0.15) is 0 Å². The highest BCUT2D eigenvalue weighted by atomic mass is 16.6. The van der Waals surface area contributed by atoms with Crippen LogP contribution in [0.5, 0.6) is 0 Å². The van der Waals surface area contributed by atoms with Crippen LogP contribution in [0.4, 0.5) is 0 Å². The summed E-state index contributed by atoms with van der Waals surface area (Å²) in [6, 6.07) is 0. The number of fused-ring (bicyclic) bond motifs is 2. The van der Waals surface area contributed by atoms with Crippen LogP contribution in [0.25, 0.3) is 0 Å². The van der Waals surface area contributed by atoms with Gasteiger partial charge in [0.05, 0.1) is 5.60 Å². The summed E-state index contributed by atoms with van der Waals surface area (Å²) in [5, 5.41) is 58.4. The lowest BCUT2D eigenvalue weighted by atomic mass is 9.53. The van der Waals surface area contributed by atoms with Crippen molar-refractivity contribution in [2.24, 2.45) is 11.3 Å². The van der Waals surface area contributed by atoms with Gasteiger partial charge in [-0.15, -0.1) is 0 Å². The fourth-order valence-corrected chi connectivity index (χ4v) is 6.65. The van der Waals surface area contributed by atoms with Crippen LogP contribution in [0.1, 0.15) is 74.1 Å². The minimum absolute atomic E-state index is 0.00879. The summed E-state index contributed by atoms with van der Waals surface area (Å²) in [7, 11) is 0. The summed E-state index contributed by atoms with van der Waals surface area (Å²) in [4.78, 5) is 50.9. The van der Waals surface area contributed by atoms with E-state index in [9.17, 15) is 44.7 Å². The average molecular weight is 613 g/mol. The van der Waals surface area contributed by atoms with Gasteiger partial charge in [0.2, 0.25) is 0 Å². The average Bonchev–Trinajstić information content (AvgIpc) is 3.06. The van der Waals surface area contributed by atoms with Gasteiger partial charge in [-0.25, -0.2) is 4.79 Å². The zero-order chi connectivity index (χ0) is 32.7. The first-order chi connectivity index (χ1) is 19.8. The molecule has 0 amide bonds. The molecule has 1 saturated heterocycles. The molecule has 11 atom stereocenters. The van der Waals surface area contributed by atoms with Gasteiger partial charge in [-0.1, -0.05) is 38.8 Å². The van der Waals surface area contributed by atoms with Crippen LogP contribution in [0.3, 0.4) is 0 Å². The Morgan fingerprint density at radius 2 is 1.53 bits per heavy atom. The molecule has 1 aliphatic heterocycles. The molecule has 5 N–H and O–H groups in total. The van der Waals surface area contributed by atoms with Gasteiger partial charge in [-0.3, -0.25) is 14.4 Å². The summed E-state index contributed by atoms with van der Waals surface area (Å²) in [5.41, 5.74) is -9.65. The van der Waals surface area contributed by atoms with Gasteiger partial charge < -0.3 is 44.5 Å². The van der Waals surface area contributed by atoms with Gasteiger partial charge in [0.15, 0.2) is 23.4 Å². The third-order valence-electron chi connectivity index (χ3n) is 9.04. The van der Waals surface area contributed by atoms with Crippen molar-refractivity contribution in [2.45, 2.75) is 128 Å². The number of aliphatic hydroxyl groups is 5. The monoisotopic (exact) mass is 612 g/mol. The normalized spacial score (nSPS) is 43.8. The Morgan fingerprint density at radius 1 is 0.953 bits per heavy atom. The SMILES string of the molecule is CCCCCC(=O)O[C@H]1/C(C)=C\[C@@H]2OC(=O)[C@@](C)(O)[C@@]2(O)[C@@H](OC(C)=O)[C@H]2[C@](C)(O)[C@H](O)C=C[C@]2(C)[C@@H](OC(C)=O)[C@@H]1O. The topological polar surface area (TPSA) is 206 Å². The van der Waals surface area contributed by atoms with E-state index in [4.69, 9.17) is 18.9 Å². The number of aliphatic hydroxyl groups excluding tert-OH is 2. The number of unbranched alkanes of at least 4 members (excludes halogenated alkanes) is 2. The van der Waals surface area contributed by atoms with Crippen molar-refractivity contribution >= 4 is 23.9 Å². The fourth-order valence-electron chi connectivity index (χ4n) is 6.65. The van der Waals surface area contributed by atoms with Crippen molar-refractivity contribution in [3.05, 3.63) is 23.8 Å². The molecule has 0 aromatic carbocycles. The van der Waals surface area contributed by atoms with Crippen molar-refractivity contribution in [1.82, 2.24) is 0 Å². The van der Waals surface area contributed by atoms with Gasteiger partial charge >= 0.3 is 23.9 Å². The van der Waals surface area contributed by atoms with E-state index >= 15 is 0 Å². The molecule has 0 spiro atoms. The van der Waals surface area contributed by atoms with Crippen molar-refractivity contribution in [3.8, 4) is 0 Å². The lowest BCUT2D eigenvalue weighted by Crippen LogP contribution is -2.74. The standard InChI is InChI=1S/C30H44O13/c1-8-9-10-11-20(34)43-22-15(2)14-19-30(39,29(7,38)26(36)42-19)25(41-17(4)32)23-27(5,13-12-18(33)28(23,6)37)24(21(22)35)40-16(3)31/h12-14,18-19,21-25,33,35,37-39H,8-11H2,1-7H3/b15-14-/t18-,19+,21-,22+,23-,24+,25+,27+,28-,29-,30+/m1/s1. The van der Waals surface area contributed by atoms with E-state index in [0.29, 0.717) is 6.42 Å². The van der Waals surface area contributed by atoms with Crippen LogP contribution >= 0.6 is 0 Å². The molecule has 1 fully saturated rings. The van der Waals surface area contributed by atoms with E-state index in [1.54, 1.807) is 0 Å². The van der Waals surface area contributed by atoms with Crippen LogP contribution < -0.4 is 0 Å². The molecule has 0 bridgehead atoms. The highest BCUT2D eigenvalue weighted by molar-refractivity contribution is 5.84. The quantitative estimate of drug-likeness (QED) is 0.114. The van der Waals surface area contributed by atoms with Gasteiger partial charge in [0.1, 0.15) is 24.4 Å². The van der Waals surface area contributed by atoms with E-state index in [1.165, 1.54) is 32.9 Å².